The number of carbonyl (C=O) groups excluding carboxylic acids is 1. The molecule has 0 aromatic heterocycles. The average molecular weight is 332 g/mol. The van der Waals surface area contributed by atoms with Crippen molar-refractivity contribution in [1.29, 1.82) is 0 Å². The highest BCUT2D eigenvalue weighted by Crippen LogP contribution is 2.32. The fourth-order valence-corrected chi connectivity index (χ4v) is 4.09. The maximum absolute atomic E-state index is 11.7. The number of aryl methyl sites for hydroxylation is 1. The zero-order chi connectivity index (χ0) is 17.1. The summed E-state index contributed by atoms with van der Waals surface area (Å²) in [6.45, 7) is 4.02. The Labute approximate surface area is 144 Å². The number of aliphatic hydroxyl groups excluding tert-OH is 1. The first-order valence-electron chi connectivity index (χ1n) is 8.90. The number of nitrogens with one attached hydrogen (secondary N) is 1. The normalized spacial score (nSPS) is 28.7. The van der Waals surface area contributed by atoms with Crippen LogP contribution < -0.4 is 5.32 Å². The number of anilines is 1. The van der Waals surface area contributed by atoms with Crippen molar-refractivity contribution in [2.24, 2.45) is 5.92 Å². The molecule has 2 fully saturated rings. The molecule has 0 bridgehead atoms. The zero-order valence-corrected chi connectivity index (χ0v) is 14.6. The van der Waals surface area contributed by atoms with Crippen LogP contribution in [0.2, 0.25) is 0 Å². The second kappa shape index (κ2) is 7.53. The van der Waals surface area contributed by atoms with Crippen molar-refractivity contribution in [2.45, 2.75) is 50.8 Å². The summed E-state index contributed by atoms with van der Waals surface area (Å²) >= 11 is 0. The molecule has 5 nitrogen and oxygen atoms in total. The predicted octanol–water partition coefficient (Wildman–Crippen LogP) is 2.18. The molecule has 3 rings (SSSR count). The lowest BCUT2D eigenvalue weighted by Crippen LogP contribution is -2.47. The van der Waals surface area contributed by atoms with E-state index >= 15 is 0 Å². The van der Waals surface area contributed by atoms with Crippen molar-refractivity contribution in [3.63, 3.8) is 0 Å². The first-order chi connectivity index (χ1) is 11.6. The number of benzene rings is 1. The lowest BCUT2D eigenvalue weighted by atomic mass is 10.0. The molecule has 1 aliphatic carbocycles. The molecule has 0 amide bonds. The lowest BCUT2D eigenvalue weighted by Gasteiger charge is -2.37. The van der Waals surface area contributed by atoms with Gasteiger partial charge in [-0.1, -0.05) is 12.1 Å². The number of rotatable bonds is 4. The Bertz CT molecular complexity index is 569. The molecule has 2 N–H and O–H groups in total. The van der Waals surface area contributed by atoms with Crippen LogP contribution in [0, 0.1) is 12.8 Å². The van der Waals surface area contributed by atoms with Gasteiger partial charge in [0.2, 0.25) is 0 Å². The SMILES string of the molecule is COC(=O)[C@H]1C[C@@H](N2CCC(Nc3cccc(C)c3)CC2)[C@@H](O)C1. The third-order valence-corrected chi connectivity index (χ3v) is 5.42. The molecule has 0 radical (unpaired) electrons. The van der Waals surface area contributed by atoms with E-state index in [1.807, 2.05) is 0 Å². The van der Waals surface area contributed by atoms with Gasteiger partial charge in [0.1, 0.15) is 0 Å². The van der Waals surface area contributed by atoms with Gasteiger partial charge in [0.25, 0.3) is 0 Å². The fraction of sp³-hybridized carbons (Fsp3) is 0.632. The van der Waals surface area contributed by atoms with E-state index in [9.17, 15) is 9.90 Å². The monoisotopic (exact) mass is 332 g/mol. The summed E-state index contributed by atoms with van der Waals surface area (Å²) < 4.78 is 4.83. The van der Waals surface area contributed by atoms with Gasteiger partial charge in [-0.25, -0.2) is 0 Å². The number of hydrogen-bond donors (Lipinski definition) is 2. The number of methoxy groups -OCH3 is 1. The summed E-state index contributed by atoms with van der Waals surface area (Å²) in [5.74, 6) is -0.342. The molecule has 1 aliphatic heterocycles. The molecule has 1 heterocycles. The molecule has 132 valence electrons. The van der Waals surface area contributed by atoms with Crippen molar-refractivity contribution in [2.75, 3.05) is 25.5 Å². The number of ether oxygens (including phenoxy) is 1. The quantitative estimate of drug-likeness (QED) is 0.828. The van der Waals surface area contributed by atoms with Gasteiger partial charge in [-0.15, -0.1) is 0 Å². The molecule has 1 saturated carbocycles. The van der Waals surface area contributed by atoms with Crippen molar-refractivity contribution in [3.8, 4) is 0 Å². The van der Waals surface area contributed by atoms with Crippen LogP contribution in [0.15, 0.2) is 24.3 Å². The molecule has 1 saturated heterocycles. The number of esters is 1. The van der Waals surface area contributed by atoms with Crippen molar-refractivity contribution in [3.05, 3.63) is 29.8 Å². The van der Waals surface area contributed by atoms with E-state index in [1.54, 1.807) is 0 Å². The molecular formula is C19H28N2O3. The molecule has 0 spiro atoms. The Morgan fingerprint density at radius 1 is 1.29 bits per heavy atom. The van der Waals surface area contributed by atoms with Crippen LogP contribution in [0.4, 0.5) is 5.69 Å². The van der Waals surface area contributed by atoms with Gasteiger partial charge in [-0.2, -0.15) is 0 Å². The van der Waals surface area contributed by atoms with E-state index in [2.05, 4.69) is 41.4 Å². The van der Waals surface area contributed by atoms with E-state index in [1.165, 1.54) is 18.4 Å². The Morgan fingerprint density at radius 2 is 2.04 bits per heavy atom. The predicted molar refractivity (Wildman–Crippen MR) is 93.9 cm³/mol. The van der Waals surface area contributed by atoms with Crippen LogP contribution >= 0.6 is 0 Å². The number of carbonyl (C=O) groups is 1. The lowest BCUT2D eigenvalue weighted by molar-refractivity contribution is -0.145. The summed E-state index contributed by atoms with van der Waals surface area (Å²) in [6.07, 6.45) is 2.93. The molecule has 2 aliphatic rings. The number of aliphatic hydroxyl groups is 1. The van der Waals surface area contributed by atoms with Crippen molar-refractivity contribution < 1.29 is 14.6 Å². The number of likely N-dealkylation sites (tertiary alicyclic amines) is 1. The number of piperidine rings is 1. The van der Waals surface area contributed by atoms with Gasteiger partial charge in [0.05, 0.1) is 19.1 Å². The maximum Gasteiger partial charge on any atom is 0.308 e. The Morgan fingerprint density at radius 3 is 2.71 bits per heavy atom. The molecule has 1 aromatic carbocycles. The van der Waals surface area contributed by atoms with Crippen molar-refractivity contribution >= 4 is 11.7 Å². The summed E-state index contributed by atoms with van der Waals surface area (Å²) in [6, 6.07) is 9.03. The highest BCUT2D eigenvalue weighted by atomic mass is 16.5. The van der Waals surface area contributed by atoms with Gasteiger partial charge >= 0.3 is 5.97 Å². The maximum atomic E-state index is 11.7. The summed E-state index contributed by atoms with van der Waals surface area (Å²) in [5, 5.41) is 13.9. The van der Waals surface area contributed by atoms with Gasteiger partial charge in [0.15, 0.2) is 0 Å². The van der Waals surface area contributed by atoms with Crippen LogP contribution in [0.5, 0.6) is 0 Å². The highest BCUT2D eigenvalue weighted by molar-refractivity contribution is 5.72. The third kappa shape index (κ3) is 3.90. The Kier molecular flexibility index (Phi) is 5.41. The largest absolute Gasteiger partial charge is 0.469 e. The average Bonchev–Trinajstić information content (AvgIpc) is 2.97. The van der Waals surface area contributed by atoms with Crippen LogP contribution in [0.1, 0.15) is 31.2 Å². The molecule has 0 unspecified atom stereocenters. The summed E-state index contributed by atoms with van der Waals surface area (Å²) in [7, 11) is 1.42. The minimum Gasteiger partial charge on any atom is -0.469 e. The molecular weight excluding hydrogens is 304 g/mol. The highest BCUT2D eigenvalue weighted by Gasteiger charge is 2.41. The molecule has 5 heteroatoms. The smallest absolute Gasteiger partial charge is 0.308 e. The van der Waals surface area contributed by atoms with Crippen molar-refractivity contribution in [1.82, 2.24) is 4.90 Å². The van der Waals surface area contributed by atoms with Gasteiger partial charge in [0, 0.05) is 30.9 Å². The van der Waals surface area contributed by atoms with E-state index in [4.69, 9.17) is 4.74 Å². The van der Waals surface area contributed by atoms with Gasteiger partial charge in [-0.3, -0.25) is 9.69 Å². The van der Waals surface area contributed by atoms with Crippen LogP contribution in [-0.2, 0) is 9.53 Å². The second-order valence-electron chi connectivity index (χ2n) is 7.15. The number of nitrogens with zero attached hydrogens (tertiary/aromatic N) is 1. The molecule has 1 aromatic rings. The second-order valence-corrected chi connectivity index (χ2v) is 7.15. The topological polar surface area (TPSA) is 61.8 Å². The van der Waals surface area contributed by atoms with Crippen LogP contribution in [0.3, 0.4) is 0 Å². The Balaban J connectivity index is 1.51. The molecule has 24 heavy (non-hydrogen) atoms. The molecule has 3 atom stereocenters. The first kappa shape index (κ1) is 17.2. The minimum atomic E-state index is -0.421. The van der Waals surface area contributed by atoms with E-state index < -0.39 is 6.10 Å². The van der Waals surface area contributed by atoms with Crippen LogP contribution in [-0.4, -0.2) is 54.4 Å². The van der Waals surface area contributed by atoms with Gasteiger partial charge < -0.3 is 15.2 Å². The van der Waals surface area contributed by atoms with E-state index in [0.29, 0.717) is 18.9 Å². The standard InChI is InChI=1S/C19H28N2O3/c1-13-4-3-5-16(10-13)20-15-6-8-21(9-7-15)17-11-14(12-18(17)22)19(23)24-2/h3-5,10,14-15,17-18,20,22H,6-9,11-12H2,1-2H3/t14-,17+,18-/m0/s1. The minimum absolute atomic E-state index is 0.0917. The number of hydrogen-bond acceptors (Lipinski definition) is 5. The van der Waals surface area contributed by atoms with E-state index in [0.717, 1.165) is 25.9 Å². The van der Waals surface area contributed by atoms with E-state index in [-0.39, 0.29) is 17.9 Å². The third-order valence-electron chi connectivity index (χ3n) is 5.42. The Hall–Kier alpha value is -1.59. The van der Waals surface area contributed by atoms with Gasteiger partial charge in [-0.05, 0) is 50.3 Å². The summed E-state index contributed by atoms with van der Waals surface area (Å²) in [4.78, 5) is 14.1. The summed E-state index contributed by atoms with van der Waals surface area (Å²) in [5.41, 5.74) is 2.44. The first-order valence-corrected chi connectivity index (χ1v) is 8.90. The zero-order valence-electron chi connectivity index (χ0n) is 14.6. The fourth-order valence-electron chi connectivity index (χ4n) is 4.09. The van der Waals surface area contributed by atoms with Crippen LogP contribution in [0.25, 0.3) is 0 Å².